The second kappa shape index (κ2) is 7.75. The molecule has 0 saturated carbocycles. The molecule has 0 bridgehead atoms. The zero-order valence-electron chi connectivity index (χ0n) is 13.4. The van der Waals surface area contributed by atoms with Crippen molar-refractivity contribution in [3.8, 4) is 0 Å². The first-order valence-corrected chi connectivity index (χ1v) is 8.13. The summed E-state index contributed by atoms with van der Waals surface area (Å²) in [6.07, 6.45) is 0.464. The zero-order valence-corrected chi connectivity index (χ0v) is 13.4. The molecule has 1 saturated heterocycles. The van der Waals surface area contributed by atoms with Crippen LogP contribution in [-0.2, 0) is 16.0 Å². The summed E-state index contributed by atoms with van der Waals surface area (Å²) in [6.45, 7) is 1.34. The first-order valence-electron chi connectivity index (χ1n) is 8.13. The van der Waals surface area contributed by atoms with Gasteiger partial charge in [0.15, 0.2) is 0 Å². The van der Waals surface area contributed by atoms with E-state index >= 15 is 0 Å². The maximum Gasteiger partial charge on any atom is 0.247 e. The summed E-state index contributed by atoms with van der Waals surface area (Å²) < 4.78 is 0. The summed E-state index contributed by atoms with van der Waals surface area (Å²) in [6, 6.07) is 18.4. The minimum Gasteiger partial charge on any atom is -0.344 e. The molecule has 1 heterocycles. The van der Waals surface area contributed by atoms with E-state index in [0.717, 1.165) is 11.3 Å². The van der Waals surface area contributed by atoms with Gasteiger partial charge in [0.1, 0.15) is 6.04 Å². The maximum absolute atomic E-state index is 12.6. The van der Waals surface area contributed by atoms with Crippen LogP contribution < -0.4 is 16.0 Å². The lowest BCUT2D eigenvalue weighted by Crippen LogP contribution is -2.55. The first-order chi connectivity index (χ1) is 11.7. The number of hydrogen-bond acceptors (Lipinski definition) is 3. The van der Waals surface area contributed by atoms with E-state index in [1.165, 1.54) is 0 Å². The molecule has 1 aliphatic rings. The highest BCUT2D eigenvalue weighted by atomic mass is 16.2. The molecule has 0 aromatic heterocycles. The van der Waals surface area contributed by atoms with E-state index in [1.54, 1.807) is 0 Å². The van der Waals surface area contributed by atoms with E-state index in [-0.39, 0.29) is 17.7 Å². The third-order valence-corrected chi connectivity index (χ3v) is 4.11. The second-order valence-corrected chi connectivity index (χ2v) is 5.96. The molecule has 3 rings (SSSR count). The highest BCUT2D eigenvalue weighted by molar-refractivity contribution is 5.97. The van der Waals surface area contributed by atoms with Crippen molar-refractivity contribution >= 4 is 17.5 Å². The van der Waals surface area contributed by atoms with Crippen LogP contribution in [0.25, 0.3) is 0 Å². The fourth-order valence-corrected chi connectivity index (χ4v) is 2.57. The summed E-state index contributed by atoms with van der Waals surface area (Å²) in [5.41, 5.74) is 1.73. The number of carbonyl (C=O) groups excluding carboxylic acids is 2. The predicted octanol–water partition coefficient (Wildman–Crippen LogP) is 1.57. The van der Waals surface area contributed by atoms with Crippen molar-refractivity contribution < 1.29 is 9.59 Å². The van der Waals surface area contributed by atoms with Gasteiger partial charge in [-0.3, -0.25) is 9.59 Å². The molecule has 124 valence electrons. The van der Waals surface area contributed by atoms with Crippen molar-refractivity contribution in [3.05, 3.63) is 66.2 Å². The van der Waals surface area contributed by atoms with Gasteiger partial charge in [0.2, 0.25) is 11.8 Å². The van der Waals surface area contributed by atoms with Crippen molar-refractivity contribution in [1.82, 2.24) is 10.6 Å². The van der Waals surface area contributed by atoms with E-state index in [1.807, 2.05) is 60.7 Å². The number of amides is 2. The molecule has 0 aliphatic carbocycles. The molecule has 1 unspecified atom stereocenters. The molecule has 2 aromatic rings. The third-order valence-electron chi connectivity index (χ3n) is 4.11. The third kappa shape index (κ3) is 4.20. The number of benzene rings is 2. The molecule has 0 spiro atoms. The van der Waals surface area contributed by atoms with Crippen molar-refractivity contribution in [2.45, 2.75) is 12.5 Å². The topological polar surface area (TPSA) is 70.2 Å². The van der Waals surface area contributed by atoms with Gasteiger partial charge in [-0.2, -0.15) is 0 Å². The van der Waals surface area contributed by atoms with Gasteiger partial charge in [-0.05, 0) is 17.7 Å². The molecule has 2 amide bonds. The largest absolute Gasteiger partial charge is 0.344 e. The summed E-state index contributed by atoms with van der Waals surface area (Å²) in [5.74, 6) is -0.323. The molecule has 24 heavy (non-hydrogen) atoms. The number of anilines is 1. The summed E-state index contributed by atoms with van der Waals surface area (Å²) in [4.78, 5) is 24.9. The molecule has 5 nitrogen and oxygen atoms in total. The summed E-state index contributed by atoms with van der Waals surface area (Å²) in [7, 11) is 0. The highest BCUT2D eigenvalue weighted by Gasteiger charge is 2.29. The average molecular weight is 323 g/mol. The number of carbonyl (C=O) groups is 2. The monoisotopic (exact) mass is 323 g/mol. The zero-order chi connectivity index (χ0) is 16.8. The maximum atomic E-state index is 12.6. The lowest BCUT2D eigenvalue weighted by Gasteiger charge is -2.28. The molecule has 1 aliphatic heterocycles. The molecule has 3 N–H and O–H groups in total. The van der Waals surface area contributed by atoms with Crippen molar-refractivity contribution in [3.63, 3.8) is 0 Å². The second-order valence-electron chi connectivity index (χ2n) is 5.96. The van der Waals surface area contributed by atoms with E-state index in [0.29, 0.717) is 19.5 Å². The van der Waals surface area contributed by atoms with E-state index < -0.39 is 6.04 Å². The summed E-state index contributed by atoms with van der Waals surface area (Å²) >= 11 is 0. The lowest BCUT2D eigenvalue weighted by atomic mass is 10.00. The van der Waals surface area contributed by atoms with Crippen LogP contribution in [0.4, 0.5) is 5.69 Å². The number of para-hydroxylation sites is 1. The van der Waals surface area contributed by atoms with Crippen LogP contribution in [0.1, 0.15) is 5.56 Å². The molecule has 1 fully saturated rings. The smallest absolute Gasteiger partial charge is 0.247 e. The molecule has 2 aromatic carbocycles. The number of nitrogens with one attached hydrogen (secondary N) is 3. The van der Waals surface area contributed by atoms with Crippen molar-refractivity contribution in [2.75, 3.05) is 18.4 Å². The van der Waals surface area contributed by atoms with Gasteiger partial charge in [-0.25, -0.2) is 0 Å². The average Bonchev–Trinajstić information content (AvgIpc) is 2.54. The van der Waals surface area contributed by atoms with Crippen LogP contribution in [0.15, 0.2) is 60.7 Å². The molecule has 1 atom stereocenters. The lowest BCUT2D eigenvalue weighted by molar-refractivity contribution is -0.130. The SMILES string of the molecule is O=C(NC(Cc1ccccc1)C(=O)Nc1ccccc1)C1CNC1. The Morgan fingerprint density at radius 1 is 1.00 bits per heavy atom. The van der Waals surface area contributed by atoms with Crippen LogP contribution >= 0.6 is 0 Å². The normalized spacial score (nSPS) is 15.2. The Morgan fingerprint density at radius 3 is 2.21 bits per heavy atom. The molecular weight excluding hydrogens is 302 g/mol. The van der Waals surface area contributed by atoms with Crippen LogP contribution in [0.3, 0.4) is 0 Å². The van der Waals surface area contributed by atoms with Crippen LogP contribution in [-0.4, -0.2) is 30.9 Å². The van der Waals surface area contributed by atoms with Gasteiger partial charge >= 0.3 is 0 Å². The van der Waals surface area contributed by atoms with Crippen LogP contribution in [0.5, 0.6) is 0 Å². The van der Waals surface area contributed by atoms with Gasteiger partial charge in [0.05, 0.1) is 5.92 Å². The molecular formula is C19H21N3O2. The van der Waals surface area contributed by atoms with Gasteiger partial charge in [-0.15, -0.1) is 0 Å². The Morgan fingerprint density at radius 2 is 1.62 bits per heavy atom. The van der Waals surface area contributed by atoms with E-state index in [4.69, 9.17) is 0 Å². The van der Waals surface area contributed by atoms with Gasteiger partial charge in [0, 0.05) is 25.2 Å². The number of hydrogen-bond donors (Lipinski definition) is 3. The Bertz CT molecular complexity index is 684. The highest BCUT2D eigenvalue weighted by Crippen LogP contribution is 2.10. The Hall–Kier alpha value is -2.66. The standard InChI is InChI=1S/C19H21N3O2/c23-18(15-12-20-13-15)22-17(11-14-7-3-1-4-8-14)19(24)21-16-9-5-2-6-10-16/h1-10,15,17,20H,11-13H2,(H,21,24)(H,22,23). The summed E-state index contributed by atoms with van der Waals surface area (Å²) in [5, 5.41) is 8.84. The molecule has 0 radical (unpaired) electrons. The fraction of sp³-hybridized carbons (Fsp3) is 0.263. The van der Waals surface area contributed by atoms with Crippen LogP contribution in [0, 0.1) is 5.92 Å². The van der Waals surface area contributed by atoms with Crippen LogP contribution in [0.2, 0.25) is 0 Å². The first kappa shape index (κ1) is 16.2. The van der Waals surface area contributed by atoms with Gasteiger partial charge in [-0.1, -0.05) is 48.5 Å². The fourth-order valence-electron chi connectivity index (χ4n) is 2.57. The van der Waals surface area contributed by atoms with Gasteiger partial charge in [0.25, 0.3) is 0 Å². The van der Waals surface area contributed by atoms with Gasteiger partial charge < -0.3 is 16.0 Å². The quantitative estimate of drug-likeness (QED) is 0.756. The van der Waals surface area contributed by atoms with Crippen molar-refractivity contribution in [1.29, 1.82) is 0 Å². The van der Waals surface area contributed by atoms with Crippen molar-refractivity contribution in [2.24, 2.45) is 5.92 Å². The minimum absolute atomic E-state index is 0.0483. The predicted molar refractivity (Wildman–Crippen MR) is 93.5 cm³/mol. The molecule has 5 heteroatoms. The Labute approximate surface area is 141 Å². The Balaban J connectivity index is 1.70. The minimum atomic E-state index is -0.597. The van der Waals surface area contributed by atoms with E-state index in [9.17, 15) is 9.59 Å². The number of rotatable bonds is 6. The van der Waals surface area contributed by atoms with E-state index in [2.05, 4.69) is 16.0 Å². The Kier molecular flexibility index (Phi) is 5.23.